The molecule has 4 rings (SSSR count). The van der Waals surface area contributed by atoms with Gasteiger partial charge in [0, 0.05) is 18.9 Å². The van der Waals surface area contributed by atoms with Crippen LogP contribution in [0, 0.1) is 5.92 Å². The molecule has 35 heavy (non-hydrogen) atoms. The molecule has 0 saturated carbocycles. The molecule has 0 fully saturated rings. The summed E-state index contributed by atoms with van der Waals surface area (Å²) >= 11 is 6.17. The molecule has 1 aliphatic carbocycles. The Morgan fingerprint density at radius 3 is 2.80 bits per heavy atom. The predicted molar refractivity (Wildman–Crippen MR) is 132 cm³/mol. The van der Waals surface area contributed by atoms with Crippen molar-refractivity contribution in [2.75, 3.05) is 19.0 Å². The maximum absolute atomic E-state index is 13.6. The van der Waals surface area contributed by atoms with Gasteiger partial charge in [-0.2, -0.15) is 5.10 Å². The van der Waals surface area contributed by atoms with Gasteiger partial charge in [-0.1, -0.05) is 43.0 Å². The molecule has 7 nitrogen and oxygen atoms in total. The van der Waals surface area contributed by atoms with Crippen LogP contribution in [0.15, 0.2) is 73.5 Å². The molecular weight excluding hydrogens is 476 g/mol. The number of benzene rings is 1. The summed E-state index contributed by atoms with van der Waals surface area (Å²) in [5.74, 6) is -2.04. The smallest absolute Gasteiger partial charge is 0.261 e. The lowest BCUT2D eigenvalue weighted by Gasteiger charge is -2.18. The van der Waals surface area contributed by atoms with Crippen LogP contribution in [0.2, 0.25) is 5.02 Å². The molecule has 1 atom stereocenters. The van der Waals surface area contributed by atoms with E-state index in [9.17, 15) is 13.6 Å². The van der Waals surface area contributed by atoms with E-state index in [1.807, 2.05) is 0 Å². The Morgan fingerprint density at radius 1 is 1.31 bits per heavy atom. The average molecular weight is 498 g/mol. The van der Waals surface area contributed by atoms with Crippen LogP contribution in [0.1, 0.15) is 28.2 Å². The van der Waals surface area contributed by atoms with Gasteiger partial charge < -0.3 is 15.4 Å². The van der Waals surface area contributed by atoms with Crippen molar-refractivity contribution in [1.82, 2.24) is 19.9 Å². The molecule has 0 bridgehead atoms. The number of carbonyl (C=O) groups is 1. The number of hydrogen-bond acceptors (Lipinski definition) is 5. The molecule has 2 aromatic heterocycles. The standard InChI is InChI=1S/C25H22ClF2N5O2/c1-14(29-12-16-8-9-19(27)20(28)10-16)22-11-23(15(2)35-3)33-24(31-22)17(13-30-33)25(34)32-21-7-5-4-6-18(21)26/h4-9,11,13,16,29H,1-2,10,12H2,3H3,(H,32,34). The maximum atomic E-state index is 13.6. The van der Waals surface area contributed by atoms with E-state index in [0.29, 0.717) is 40.1 Å². The third-order valence-corrected chi connectivity index (χ3v) is 5.80. The fourth-order valence-corrected chi connectivity index (χ4v) is 3.71. The van der Waals surface area contributed by atoms with Crippen LogP contribution in [0.3, 0.4) is 0 Å². The first-order valence-electron chi connectivity index (χ1n) is 10.6. The SMILES string of the molecule is C=C(NCC1C=CC(F)=C(F)C1)c1cc(C(=C)OC)n2ncc(C(=O)Nc3ccccc3Cl)c2n1. The fourth-order valence-electron chi connectivity index (χ4n) is 3.52. The van der Waals surface area contributed by atoms with Gasteiger partial charge in [0.05, 0.1) is 35.4 Å². The summed E-state index contributed by atoms with van der Waals surface area (Å²) in [6, 6.07) is 8.51. The van der Waals surface area contributed by atoms with Gasteiger partial charge in [0.2, 0.25) is 0 Å². The van der Waals surface area contributed by atoms with E-state index in [0.717, 1.165) is 6.08 Å². The topological polar surface area (TPSA) is 80.5 Å². The van der Waals surface area contributed by atoms with Crippen molar-refractivity contribution in [3.63, 3.8) is 0 Å². The van der Waals surface area contributed by atoms with Crippen molar-refractivity contribution in [3.8, 4) is 0 Å². The van der Waals surface area contributed by atoms with E-state index in [-0.39, 0.29) is 23.5 Å². The molecule has 0 radical (unpaired) electrons. The van der Waals surface area contributed by atoms with Crippen molar-refractivity contribution in [1.29, 1.82) is 0 Å². The Morgan fingerprint density at radius 2 is 2.09 bits per heavy atom. The van der Waals surface area contributed by atoms with Gasteiger partial charge in [-0.15, -0.1) is 0 Å². The van der Waals surface area contributed by atoms with Crippen molar-refractivity contribution in [2.24, 2.45) is 5.92 Å². The molecular formula is C25H22ClF2N5O2. The Hall–Kier alpha value is -3.98. The van der Waals surface area contributed by atoms with Crippen LogP contribution in [0.5, 0.6) is 0 Å². The minimum Gasteiger partial charge on any atom is -0.495 e. The van der Waals surface area contributed by atoms with Gasteiger partial charge in [-0.3, -0.25) is 4.79 Å². The highest BCUT2D eigenvalue weighted by molar-refractivity contribution is 6.34. The highest BCUT2D eigenvalue weighted by Crippen LogP contribution is 2.27. The van der Waals surface area contributed by atoms with E-state index < -0.39 is 17.6 Å². The molecule has 0 aliphatic heterocycles. The molecule has 0 saturated heterocycles. The number of methoxy groups -OCH3 is 1. The molecule has 1 amide bonds. The number of anilines is 1. The number of amides is 1. The Balaban J connectivity index is 1.63. The van der Waals surface area contributed by atoms with E-state index >= 15 is 0 Å². The van der Waals surface area contributed by atoms with Gasteiger partial charge in [-0.05, 0) is 24.3 Å². The quantitative estimate of drug-likeness (QED) is 0.399. The monoisotopic (exact) mass is 497 g/mol. The first kappa shape index (κ1) is 24.2. The Bertz CT molecular complexity index is 1400. The number of ether oxygens (including phenoxy) is 1. The van der Waals surface area contributed by atoms with E-state index in [1.165, 1.54) is 17.8 Å². The van der Waals surface area contributed by atoms with Crippen LogP contribution in [0.25, 0.3) is 17.1 Å². The molecule has 10 heteroatoms. The highest BCUT2D eigenvalue weighted by Gasteiger charge is 2.21. The molecule has 180 valence electrons. The number of nitrogens with one attached hydrogen (secondary N) is 2. The first-order chi connectivity index (χ1) is 16.8. The lowest BCUT2D eigenvalue weighted by Crippen LogP contribution is -2.22. The van der Waals surface area contributed by atoms with E-state index in [1.54, 1.807) is 36.4 Å². The lowest BCUT2D eigenvalue weighted by atomic mass is 9.99. The summed E-state index contributed by atoms with van der Waals surface area (Å²) in [7, 11) is 1.46. The number of nitrogens with zero attached hydrogens (tertiary/aromatic N) is 3. The number of fused-ring (bicyclic) bond motifs is 1. The molecule has 0 spiro atoms. The first-order valence-corrected chi connectivity index (χ1v) is 11.0. The molecule has 1 aliphatic rings. The summed E-state index contributed by atoms with van der Waals surface area (Å²) in [5, 5.41) is 10.5. The Kier molecular flexibility index (Phi) is 6.97. The molecule has 2 N–H and O–H groups in total. The normalized spacial score (nSPS) is 15.3. The Labute approximate surface area is 205 Å². The predicted octanol–water partition coefficient (Wildman–Crippen LogP) is 5.54. The second-order valence-electron chi connectivity index (χ2n) is 7.82. The number of rotatable bonds is 8. The third-order valence-electron chi connectivity index (χ3n) is 5.47. The minimum absolute atomic E-state index is 0.0458. The number of carbonyl (C=O) groups excluding carboxylic acids is 1. The van der Waals surface area contributed by atoms with Crippen LogP contribution < -0.4 is 10.6 Å². The van der Waals surface area contributed by atoms with Gasteiger partial charge in [0.25, 0.3) is 5.91 Å². The fraction of sp³-hybridized carbons (Fsp3) is 0.160. The summed E-state index contributed by atoms with van der Waals surface area (Å²) in [5.41, 5.74) is 2.17. The van der Waals surface area contributed by atoms with Crippen molar-refractivity contribution in [2.45, 2.75) is 6.42 Å². The van der Waals surface area contributed by atoms with Gasteiger partial charge in [0.1, 0.15) is 22.8 Å². The van der Waals surface area contributed by atoms with Crippen LogP contribution >= 0.6 is 11.6 Å². The van der Waals surface area contributed by atoms with E-state index in [4.69, 9.17) is 16.3 Å². The number of para-hydroxylation sites is 1. The van der Waals surface area contributed by atoms with Crippen LogP contribution in [0.4, 0.5) is 14.5 Å². The number of aromatic nitrogens is 3. The van der Waals surface area contributed by atoms with Crippen molar-refractivity contribution < 1.29 is 18.3 Å². The summed E-state index contributed by atoms with van der Waals surface area (Å²) in [6.45, 7) is 8.22. The van der Waals surface area contributed by atoms with E-state index in [2.05, 4.69) is 33.9 Å². The number of allylic oxidation sites excluding steroid dienone is 3. The van der Waals surface area contributed by atoms with Crippen LogP contribution in [-0.2, 0) is 4.74 Å². The molecule has 3 aromatic rings. The largest absolute Gasteiger partial charge is 0.495 e. The zero-order valence-electron chi connectivity index (χ0n) is 18.8. The minimum atomic E-state index is -0.849. The second kappa shape index (κ2) is 10.1. The lowest BCUT2D eigenvalue weighted by molar-refractivity contribution is 0.102. The number of hydrogen-bond donors (Lipinski definition) is 2. The van der Waals surface area contributed by atoms with Gasteiger partial charge in [-0.25, -0.2) is 18.3 Å². The zero-order valence-corrected chi connectivity index (χ0v) is 19.6. The maximum Gasteiger partial charge on any atom is 0.261 e. The summed E-state index contributed by atoms with van der Waals surface area (Å²) in [4.78, 5) is 17.6. The summed E-state index contributed by atoms with van der Waals surface area (Å²) < 4.78 is 33.6. The zero-order chi connectivity index (χ0) is 25.1. The van der Waals surface area contributed by atoms with Gasteiger partial charge in [0.15, 0.2) is 11.5 Å². The average Bonchev–Trinajstić information content (AvgIpc) is 3.29. The molecule has 1 aromatic carbocycles. The highest BCUT2D eigenvalue weighted by atomic mass is 35.5. The third kappa shape index (κ3) is 5.09. The van der Waals surface area contributed by atoms with Crippen molar-refractivity contribution in [3.05, 3.63) is 95.5 Å². The molecule has 2 heterocycles. The van der Waals surface area contributed by atoms with Crippen LogP contribution in [-0.4, -0.2) is 34.2 Å². The second-order valence-corrected chi connectivity index (χ2v) is 8.22. The molecule has 1 unspecified atom stereocenters. The van der Waals surface area contributed by atoms with Crippen molar-refractivity contribution >= 4 is 40.3 Å². The summed E-state index contributed by atoms with van der Waals surface area (Å²) in [6.07, 6.45) is 4.06. The van der Waals surface area contributed by atoms with Gasteiger partial charge >= 0.3 is 0 Å². The number of halogens is 3.